The van der Waals surface area contributed by atoms with Gasteiger partial charge in [-0.15, -0.1) is 0 Å². The van der Waals surface area contributed by atoms with Crippen LogP contribution in [0.5, 0.6) is 0 Å². The van der Waals surface area contributed by atoms with Crippen molar-refractivity contribution >= 4 is 0 Å². The first kappa shape index (κ1) is 14.3. The third-order valence-corrected chi connectivity index (χ3v) is 4.19. The van der Waals surface area contributed by atoms with Gasteiger partial charge in [-0.2, -0.15) is 5.10 Å². The van der Waals surface area contributed by atoms with Gasteiger partial charge < -0.3 is 5.32 Å². The summed E-state index contributed by atoms with van der Waals surface area (Å²) in [6, 6.07) is 0.358. The fourth-order valence-corrected chi connectivity index (χ4v) is 2.92. The maximum absolute atomic E-state index is 4.41. The highest BCUT2D eigenvalue weighted by atomic mass is 15.3. The Balaban J connectivity index is 2.25. The number of nitrogens with one attached hydrogen (secondary N) is 1. The predicted octanol–water partition coefficient (Wildman–Crippen LogP) is 3.66. The van der Waals surface area contributed by atoms with Crippen molar-refractivity contribution in [1.29, 1.82) is 0 Å². The largest absolute Gasteiger partial charge is 0.307 e. The van der Waals surface area contributed by atoms with E-state index in [9.17, 15) is 0 Å². The lowest BCUT2D eigenvalue weighted by Crippen LogP contribution is -2.23. The first-order valence-electron chi connectivity index (χ1n) is 7.64. The first-order valence-corrected chi connectivity index (χ1v) is 7.64. The molecule has 0 aliphatic heterocycles. The van der Waals surface area contributed by atoms with Crippen molar-refractivity contribution in [2.24, 2.45) is 7.05 Å². The van der Waals surface area contributed by atoms with E-state index in [0.29, 0.717) is 6.04 Å². The third kappa shape index (κ3) is 3.47. The number of hydrogen-bond acceptors (Lipinski definition) is 2. The van der Waals surface area contributed by atoms with Crippen LogP contribution < -0.4 is 5.32 Å². The zero-order chi connectivity index (χ0) is 13.7. The van der Waals surface area contributed by atoms with Gasteiger partial charge in [-0.05, 0) is 39.2 Å². The molecule has 106 valence electrons. The lowest BCUT2D eigenvalue weighted by molar-refractivity contribution is 0.551. The number of aryl methyl sites for hydroxylation is 1. The summed E-state index contributed by atoms with van der Waals surface area (Å²) in [5.74, 6) is 0. The highest BCUT2D eigenvalue weighted by molar-refractivity contribution is 5.30. The Hall–Kier alpha value is -1.09. The zero-order valence-electron chi connectivity index (χ0n) is 12.6. The van der Waals surface area contributed by atoms with E-state index in [1.165, 1.54) is 49.8 Å². The SMILES string of the molecule is CCNC(C1=CCCCCCC1)c1cnn(C)c1C. The van der Waals surface area contributed by atoms with Crippen molar-refractivity contribution in [1.82, 2.24) is 15.1 Å². The summed E-state index contributed by atoms with van der Waals surface area (Å²) < 4.78 is 1.98. The van der Waals surface area contributed by atoms with Crippen molar-refractivity contribution in [3.63, 3.8) is 0 Å². The molecule has 0 saturated carbocycles. The van der Waals surface area contributed by atoms with Crippen molar-refractivity contribution in [2.45, 2.75) is 58.4 Å². The smallest absolute Gasteiger partial charge is 0.0569 e. The topological polar surface area (TPSA) is 29.9 Å². The number of likely N-dealkylation sites (N-methyl/N-ethyl adjacent to an activating group) is 1. The number of nitrogens with zero attached hydrogens (tertiary/aromatic N) is 2. The number of hydrogen-bond donors (Lipinski definition) is 1. The number of allylic oxidation sites excluding steroid dienone is 1. The molecule has 3 nitrogen and oxygen atoms in total. The lowest BCUT2D eigenvalue weighted by atomic mass is 9.91. The Labute approximate surface area is 117 Å². The van der Waals surface area contributed by atoms with Gasteiger partial charge in [-0.3, -0.25) is 4.68 Å². The van der Waals surface area contributed by atoms with Crippen molar-refractivity contribution in [3.05, 3.63) is 29.1 Å². The first-order chi connectivity index (χ1) is 9.24. The summed E-state index contributed by atoms with van der Waals surface area (Å²) >= 11 is 0. The summed E-state index contributed by atoms with van der Waals surface area (Å²) in [5, 5.41) is 8.05. The molecule has 0 radical (unpaired) electrons. The van der Waals surface area contributed by atoms with E-state index in [0.717, 1.165) is 6.54 Å². The third-order valence-electron chi connectivity index (χ3n) is 4.19. The van der Waals surface area contributed by atoms with Crippen molar-refractivity contribution in [2.75, 3.05) is 6.54 Å². The Morgan fingerprint density at radius 2 is 2.11 bits per heavy atom. The molecule has 1 aliphatic rings. The van der Waals surface area contributed by atoms with Crippen LogP contribution in [0.1, 0.15) is 62.7 Å². The molecule has 1 aromatic heterocycles. The second kappa shape index (κ2) is 6.90. The van der Waals surface area contributed by atoms with Crippen molar-refractivity contribution < 1.29 is 0 Å². The molecule has 3 heteroatoms. The maximum atomic E-state index is 4.41. The molecule has 1 N–H and O–H groups in total. The minimum Gasteiger partial charge on any atom is -0.307 e. The normalized spacial score (nSPS) is 18.6. The summed E-state index contributed by atoms with van der Waals surface area (Å²) in [7, 11) is 2.02. The van der Waals surface area contributed by atoms with Crippen LogP contribution in [0.25, 0.3) is 0 Å². The Morgan fingerprint density at radius 1 is 1.32 bits per heavy atom. The Morgan fingerprint density at radius 3 is 2.79 bits per heavy atom. The maximum Gasteiger partial charge on any atom is 0.0569 e. The molecular weight excluding hydrogens is 234 g/mol. The molecular formula is C16H27N3. The van der Waals surface area contributed by atoms with E-state index in [-0.39, 0.29) is 0 Å². The predicted molar refractivity (Wildman–Crippen MR) is 80.1 cm³/mol. The van der Waals surface area contributed by atoms with E-state index >= 15 is 0 Å². The average molecular weight is 261 g/mol. The molecule has 19 heavy (non-hydrogen) atoms. The molecule has 1 aliphatic carbocycles. The molecule has 0 spiro atoms. The summed E-state index contributed by atoms with van der Waals surface area (Å²) in [4.78, 5) is 0. The van der Waals surface area contributed by atoms with Crippen molar-refractivity contribution in [3.8, 4) is 0 Å². The summed E-state index contributed by atoms with van der Waals surface area (Å²) in [5.41, 5.74) is 4.18. The van der Waals surface area contributed by atoms with Gasteiger partial charge in [0.15, 0.2) is 0 Å². The van der Waals surface area contributed by atoms with Crippen LogP contribution in [-0.4, -0.2) is 16.3 Å². The zero-order valence-corrected chi connectivity index (χ0v) is 12.6. The van der Waals surface area contributed by atoms with E-state index in [1.807, 2.05) is 17.9 Å². The average Bonchev–Trinajstić information content (AvgIpc) is 2.68. The molecule has 1 unspecified atom stereocenters. The van der Waals surface area contributed by atoms with E-state index in [1.54, 1.807) is 5.57 Å². The van der Waals surface area contributed by atoms with Crippen LogP contribution in [0.3, 0.4) is 0 Å². The lowest BCUT2D eigenvalue weighted by Gasteiger charge is -2.23. The van der Waals surface area contributed by atoms with Crippen LogP contribution in [0, 0.1) is 6.92 Å². The van der Waals surface area contributed by atoms with Gasteiger partial charge in [0, 0.05) is 18.3 Å². The van der Waals surface area contributed by atoms with E-state index in [2.05, 4.69) is 30.3 Å². The highest BCUT2D eigenvalue weighted by Gasteiger charge is 2.20. The Bertz CT molecular complexity index is 431. The summed E-state index contributed by atoms with van der Waals surface area (Å²) in [6.45, 7) is 5.34. The number of aromatic nitrogens is 2. The van der Waals surface area contributed by atoms with Crippen LogP contribution >= 0.6 is 0 Å². The fraction of sp³-hybridized carbons (Fsp3) is 0.688. The molecule has 1 aromatic rings. The molecule has 1 atom stereocenters. The van der Waals surface area contributed by atoms with Gasteiger partial charge in [0.2, 0.25) is 0 Å². The molecule has 0 bridgehead atoms. The molecule has 0 aromatic carbocycles. The minimum atomic E-state index is 0.358. The molecule has 0 amide bonds. The van der Waals surface area contributed by atoms with Crippen LogP contribution in [0.4, 0.5) is 0 Å². The van der Waals surface area contributed by atoms with Crippen LogP contribution in [-0.2, 0) is 7.05 Å². The highest BCUT2D eigenvalue weighted by Crippen LogP contribution is 2.30. The monoisotopic (exact) mass is 261 g/mol. The standard InChI is InChI=1S/C16H27N3/c1-4-17-16(15-12-18-19(3)13(15)2)14-10-8-6-5-7-9-11-14/h10,12,16-17H,4-9,11H2,1-3H3. The second-order valence-corrected chi connectivity index (χ2v) is 5.53. The molecule has 0 fully saturated rings. The van der Waals surface area contributed by atoms with Gasteiger partial charge in [0.25, 0.3) is 0 Å². The van der Waals surface area contributed by atoms with Gasteiger partial charge in [0.05, 0.1) is 12.2 Å². The Kier molecular flexibility index (Phi) is 5.20. The van der Waals surface area contributed by atoms with Crippen LogP contribution in [0.15, 0.2) is 17.8 Å². The van der Waals surface area contributed by atoms with E-state index < -0.39 is 0 Å². The van der Waals surface area contributed by atoms with E-state index in [4.69, 9.17) is 0 Å². The van der Waals surface area contributed by atoms with Gasteiger partial charge in [0.1, 0.15) is 0 Å². The molecule has 2 rings (SSSR count). The quantitative estimate of drug-likeness (QED) is 0.838. The van der Waals surface area contributed by atoms with Crippen LogP contribution in [0.2, 0.25) is 0 Å². The molecule has 1 heterocycles. The summed E-state index contributed by atoms with van der Waals surface area (Å²) in [6.07, 6.45) is 12.4. The van der Waals surface area contributed by atoms with Gasteiger partial charge in [-0.25, -0.2) is 0 Å². The second-order valence-electron chi connectivity index (χ2n) is 5.53. The number of rotatable bonds is 4. The van der Waals surface area contributed by atoms with Gasteiger partial charge >= 0.3 is 0 Å². The molecule has 0 saturated heterocycles. The minimum absolute atomic E-state index is 0.358. The fourth-order valence-electron chi connectivity index (χ4n) is 2.92. The van der Waals surface area contributed by atoms with Gasteiger partial charge in [-0.1, -0.05) is 31.4 Å².